The van der Waals surface area contributed by atoms with Crippen LogP contribution in [0.3, 0.4) is 0 Å². The first-order valence-corrected chi connectivity index (χ1v) is 12.7. The van der Waals surface area contributed by atoms with Crippen LogP contribution in [0.2, 0.25) is 0 Å². The van der Waals surface area contributed by atoms with Crippen LogP contribution >= 0.6 is 0 Å². The highest BCUT2D eigenvalue weighted by Crippen LogP contribution is 2.47. The quantitative estimate of drug-likeness (QED) is 0.288. The number of aromatic nitrogens is 4. The molecule has 1 aliphatic rings. The zero-order valence-corrected chi connectivity index (χ0v) is 21.1. The molecule has 0 bridgehead atoms. The lowest BCUT2D eigenvalue weighted by Crippen LogP contribution is -2.35. The van der Waals surface area contributed by atoms with E-state index in [1.165, 1.54) is 4.57 Å². The molecule has 8 heteroatoms. The molecule has 3 heterocycles. The highest BCUT2D eigenvalue weighted by Gasteiger charge is 2.45. The summed E-state index contributed by atoms with van der Waals surface area (Å²) in [5.74, 6) is -0.0177. The van der Waals surface area contributed by atoms with Crippen molar-refractivity contribution in [3.05, 3.63) is 112 Å². The third-order valence-corrected chi connectivity index (χ3v) is 7.03. The number of aryl methyl sites for hydroxylation is 1. The van der Waals surface area contributed by atoms with Gasteiger partial charge in [0.15, 0.2) is 5.82 Å². The average molecular weight is 505 g/mol. The summed E-state index contributed by atoms with van der Waals surface area (Å²) < 4.78 is 1.50. The summed E-state index contributed by atoms with van der Waals surface area (Å²) in [6, 6.07) is 23.6. The van der Waals surface area contributed by atoms with Gasteiger partial charge in [-0.05, 0) is 43.0 Å². The molecular formula is C30H28N6O2. The molecule has 0 radical (unpaired) electrons. The van der Waals surface area contributed by atoms with Crippen LogP contribution in [0.15, 0.2) is 90.0 Å². The number of amides is 1. The second kappa shape index (κ2) is 9.63. The Morgan fingerprint density at radius 3 is 2.47 bits per heavy atom. The fourth-order valence-electron chi connectivity index (χ4n) is 4.84. The van der Waals surface area contributed by atoms with Gasteiger partial charge in [0, 0.05) is 28.5 Å². The van der Waals surface area contributed by atoms with Crippen molar-refractivity contribution in [2.24, 2.45) is 0 Å². The fourth-order valence-corrected chi connectivity index (χ4v) is 4.84. The molecule has 1 aliphatic carbocycles. The third kappa shape index (κ3) is 4.68. The van der Waals surface area contributed by atoms with E-state index in [2.05, 4.69) is 37.7 Å². The zero-order valence-electron chi connectivity index (χ0n) is 21.1. The summed E-state index contributed by atoms with van der Waals surface area (Å²) in [4.78, 5) is 38.9. The Morgan fingerprint density at radius 1 is 1.00 bits per heavy atom. The van der Waals surface area contributed by atoms with E-state index in [0.29, 0.717) is 12.2 Å². The molecule has 0 unspecified atom stereocenters. The van der Waals surface area contributed by atoms with Gasteiger partial charge < -0.3 is 15.6 Å². The van der Waals surface area contributed by atoms with Crippen molar-refractivity contribution in [3.63, 3.8) is 0 Å². The maximum absolute atomic E-state index is 13.7. The Balaban J connectivity index is 1.26. The minimum absolute atomic E-state index is 0.126. The minimum atomic E-state index is -0.323. The maximum atomic E-state index is 13.7. The smallest absolute Gasteiger partial charge is 0.294 e. The Labute approximate surface area is 219 Å². The molecule has 0 aliphatic heterocycles. The topological polar surface area (TPSA) is 105 Å². The van der Waals surface area contributed by atoms with Crippen LogP contribution in [-0.4, -0.2) is 25.4 Å². The van der Waals surface area contributed by atoms with Gasteiger partial charge in [-0.25, -0.2) is 4.98 Å². The van der Waals surface area contributed by atoms with Gasteiger partial charge in [0.05, 0.1) is 24.0 Å². The van der Waals surface area contributed by atoms with Gasteiger partial charge in [0.25, 0.3) is 5.56 Å². The molecule has 1 amide bonds. The second-order valence-electron chi connectivity index (χ2n) is 9.81. The number of anilines is 1. The van der Waals surface area contributed by atoms with Crippen molar-refractivity contribution in [1.82, 2.24) is 24.8 Å². The lowest BCUT2D eigenvalue weighted by molar-refractivity contribution is -0.121. The zero-order chi connectivity index (χ0) is 26.1. The standard InChI is InChI=1S/C30H28N6O2/c1-20-14-25-22(16-31-20)15-24(34-25)17-32-27(37)19-36-26(21-8-4-2-5-9-21)18-33-28(29(36)38)35-30(12-13-30)23-10-6-3-7-11-23/h2-11,14-16,18,34H,12-13,17,19H2,1H3,(H,32,37)(H,33,35). The molecular weight excluding hydrogens is 476 g/mol. The van der Waals surface area contributed by atoms with E-state index >= 15 is 0 Å². The fraction of sp³-hybridized carbons (Fsp3) is 0.200. The van der Waals surface area contributed by atoms with Crippen molar-refractivity contribution < 1.29 is 4.79 Å². The van der Waals surface area contributed by atoms with Gasteiger partial charge in [-0.15, -0.1) is 0 Å². The number of nitrogens with one attached hydrogen (secondary N) is 3. The van der Waals surface area contributed by atoms with Gasteiger partial charge in [-0.1, -0.05) is 60.7 Å². The van der Waals surface area contributed by atoms with Crippen molar-refractivity contribution in [1.29, 1.82) is 0 Å². The Bertz CT molecular complexity index is 1670. The van der Waals surface area contributed by atoms with E-state index in [9.17, 15) is 9.59 Å². The molecule has 0 atom stereocenters. The molecule has 1 saturated carbocycles. The summed E-state index contributed by atoms with van der Waals surface area (Å²) in [6.45, 7) is 2.13. The number of carbonyl (C=O) groups is 1. The van der Waals surface area contributed by atoms with Crippen LogP contribution in [-0.2, 0) is 23.4 Å². The molecule has 1 fully saturated rings. The van der Waals surface area contributed by atoms with Crippen LogP contribution in [0.1, 0.15) is 29.8 Å². The molecule has 0 saturated heterocycles. The summed E-state index contributed by atoms with van der Waals surface area (Å²) in [5.41, 5.74) is 4.67. The summed E-state index contributed by atoms with van der Waals surface area (Å²) in [6.07, 6.45) is 5.31. The monoisotopic (exact) mass is 504 g/mol. The SMILES string of the molecule is Cc1cc2[nH]c(CNC(=O)Cn3c(-c4ccccc4)cnc(NC4(c5ccccc5)CC4)c3=O)cc2cn1. The molecule has 38 heavy (non-hydrogen) atoms. The van der Waals surface area contributed by atoms with Crippen molar-refractivity contribution in [2.45, 2.75) is 38.4 Å². The predicted octanol–water partition coefficient (Wildman–Crippen LogP) is 4.51. The van der Waals surface area contributed by atoms with Crippen LogP contribution in [0.25, 0.3) is 22.2 Å². The van der Waals surface area contributed by atoms with E-state index in [1.54, 1.807) is 6.20 Å². The number of pyridine rings is 1. The van der Waals surface area contributed by atoms with Gasteiger partial charge in [0.1, 0.15) is 6.54 Å². The molecule has 3 aromatic heterocycles. The number of carbonyl (C=O) groups excluding carboxylic acids is 1. The predicted molar refractivity (Wildman–Crippen MR) is 148 cm³/mol. The Kier molecular flexibility index (Phi) is 5.99. The number of fused-ring (bicyclic) bond motifs is 1. The maximum Gasteiger partial charge on any atom is 0.294 e. The van der Waals surface area contributed by atoms with Crippen LogP contribution in [0.5, 0.6) is 0 Å². The van der Waals surface area contributed by atoms with Crippen LogP contribution < -0.4 is 16.2 Å². The number of nitrogens with zero attached hydrogens (tertiary/aromatic N) is 3. The number of H-pyrrole nitrogens is 1. The highest BCUT2D eigenvalue weighted by molar-refractivity contribution is 5.80. The first-order chi connectivity index (χ1) is 18.5. The third-order valence-electron chi connectivity index (χ3n) is 7.03. The largest absolute Gasteiger partial charge is 0.357 e. The normalized spacial score (nSPS) is 13.8. The van der Waals surface area contributed by atoms with E-state index in [-0.39, 0.29) is 29.4 Å². The molecule has 6 rings (SSSR count). The van der Waals surface area contributed by atoms with Gasteiger partial charge in [-0.3, -0.25) is 19.1 Å². The number of aromatic amines is 1. The number of rotatable bonds is 8. The second-order valence-corrected chi connectivity index (χ2v) is 9.81. The summed E-state index contributed by atoms with van der Waals surface area (Å²) in [7, 11) is 0. The summed E-state index contributed by atoms with van der Waals surface area (Å²) in [5, 5.41) is 7.33. The lowest BCUT2D eigenvalue weighted by Gasteiger charge is -2.20. The lowest BCUT2D eigenvalue weighted by atomic mass is 10.1. The van der Waals surface area contributed by atoms with E-state index in [4.69, 9.17) is 0 Å². The number of hydrogen-bond acceptors (Lipinski definition) is 5. The number of hydrogen-bond donors (Lipinski definition) is 3. The van der Waals surface area contributed by atoms with Gasteiger partial charge >= 0.3 is 0 Å². The number of benzene rings is 2. The molecule has 2 aromatic carbocycles. The molecule has 8 nitrogen and oxygen atoms in total. The minimum Gasteiger partial charge on any atom is -0.357 e. The van der Waals surface area contributed by atoms with Crippen molar-refractivity contribution in [2.75, 3.05) is 5.32 Å². The first-order valence-electron chi connectivity index (χ1n) is 12.7. The molecule has 190 valence electrons. The van der Waals surface area contributed by atoms with E-state index in [1.807, 2.05) is 73.8 Å². The highest BCUT2D eigenvalue weighted by atomic mass is 16.2. The van der Waals surface area contributed by atoms with Crippen molar-refractivity contribution in [3.8, 4) is 11.3 Å². The van der Waals surface area contributed by atoms with E-state index in [0.717, 1.165) is 46.3 Å². The molecule has 3 N–H and O–H groups in total. The molecule has 0 spiro atoms. The van der Waals surface area contributed by atoms with Crippen LogP contribution in [0, 0.1) is 6.92 Å². The summed E-state index contributed by atoms with van der Waals surface area (Å²) >= 11 is 0. The van der Waals surface area contributed by atoms with E-state index < -0.39 is 0 Å². The Morgan fingerprint density at radius 2 is 1.74 bits per heavy atom. The first kappa shape index (κ1) is 23.7. The van der Waals surface area contributed by atoms with Crippen LogP contribution in [0.4, 0.5) is 5.82 Å². The van der Waals surface area contributed by atoms with Gasteiger partial charge in [-0.2, -0.15) is 0 Å². The van der Waals surface area contributed by atoms with Crippen molar-refractivity contribution >= 4 is 22.6 Å². The van der Waals surface area contributed by atoms with Gasteiger partial charge in [0.2, 0.25) is 5.91 Å². The Hall–Kier alpha value is -4.72. The molecule has 5 aromatic rings. The average Bonchev–Trinajstić information content (AvgIpc) is 3.61.